The van der Waals surface area contributed by atoms with E-state index in [2.05, 4.69) is 36.3 Å². The van der Waals surface area contributed by atoms with Crippen molar-refractivity contribution in [1.29, 1.82) is 0 Å². The quantitative estimate of drug-likeness (QED) is 0.918. The lowest BCUT2D eigenvalue weighted by Crippen LogP contribution is -2.44. The number of carbonyl (C=O) groups excluding carboxylic acids is 1. The van der Waals surface area contributed by atoms with Gasteiger partial charge in [-0.1, -0.05) is 13.8 Å². The topological polar surface area (TPSA) is 58.1 Å². The first-order chi connectivity index (χ1) is 9.61. The number of anilines is 1. The Morgan fingerprint density at radius 3 is 2.80 bits per heavy atom. The van der Waals surface area contributed by atoms with Crippen LogP contribution in [0.3, 0.4) is 0 Å². The summed E-state index contributed by atoms with van der Waals surface area (Å²) in [5.74, 6) is 1.42. The Morgan fingerprint density at radius 2 is 2.20 bits per heavy atom. The lowest BCUT2D eigenvalue weighted by molar-refractivity contribution is 0.0581. The highest BCUT2D eigenvalue weighted by Crippen LogP contribution is 2.23. The first-order valence-corrected chi connectivity index (χ1v) is 7.50. The molecule has 110 valence electrons. The fraction of sp³-hybridized carbons (Fsp3) is 0.667. The number of piperidine rings is 1. The fourth-order valence-electron chi connectivity index (χ4n) is 2.65. The minimum absolute atomic E-state index is 0.000980. The number of amides is 1. The number of hydrogen-bond acceptors (Lipinski definition) is 4. The van der Waals surface area contributed by atoms with Crippen LogP contribution in [0, 0.1) is 5.92 Å². The molecule has 1 aromatic heterocycles. The highest BCUT2D eigenvalue weighted by Gasteiger charge is 2.28. The second-order valence-corrected chi connectivity index (χ2v) is 5.71. The molecule has 0 aromatic carbocycles. The van der Waals surface area contributed by atoms with Gasteiger partial charge in [-0.15, -0.1) is 10.2 Å². The third kappa shape index (κ3) is 3.46. The van der Waals surface area contributed by atoms with Crippen LogP contribution in [0.25, 0.3) is 0 Å². The predicted octanol–water partition coefficient (Wildman–Crippen LogP) is 2.56. The molecule has 1 fully saturated rings. The van der Waals surface area contributed by atoms with E-state index in [1.165, 1.54) is 0 Å². The summed E-state index contributed by atoms with van der Waals surface area (Å²) in [5.41, 5.74) is 0.438. The summed E-state index contributed by atoms with van der Waals surface area (Å²) < 4.78 is 0. The fourth-order valence-corrected chi connectivity index (χ4v) is 2.65. The van der Waals surface area contributed by atoms with Crippen LogP contribution in [-0.2, 0) is 0 Å². The third-order valence-corrected chi connectivity index (χ3v) is 3.84. The molecule has 2 heterocycles. The number of nitrogens with one attached hydrogen (secondary N) is 1. The van der Waals surface area contributed by atoms with Crippen molar-refractivity contribution >= 4 is 11.7 Å². The zero-order valence-corrected chi connectivity index (χ0v) is 12.6. The molecule has 20 heavy (non-hydrogen) atoms. The Kier molecular flexibility index (Phi) is 4.93. The predicted molar refractivity (Wildman–Crippen MR) is 79.7 cm³/mol. The van der Waals surface area contributed by atoms with Crippen LogP contribution >= 0.6 is 0 Å². The van der Waals surface area contributed by atoms with E-state index in [1.54, 1.807) is 6.07 Å². The minimum atomic E-state index is -0.000980. The molecule has 1 aromatic rings. The van der Waals surface area contributed by atoms with Crippen LogP contribution in [0.4, 0.5) is 5.82 Å². The molecule has 1 saturated heterocycles. The van der Waals surface area contributed by atoms with E-state index in [0.717, 1.165) is 38.2 Å². The molecular formula is C15H24N4O. The average Bonchev–Trinajstić information content (AvgIpc) is 2.45. The monoisotopic (exact) mass is 276 g/mol. The first kappa shape index (κ1) is 14.8. The van der Waals surface area contributed by atoms with Crippen LogP contribution in [0.1, 0.15) is 50.5 Å². The van der Waals surface area contributed by atoms with Crippen molar-refractivity contribution in [3.05, 3.63) is 17.8 Å². The molecule has 0 bridgehead atoms. The maximum absolute atomic E-state index is 12.4. The van der Waals surface area contributed by atoms with Gasteiger partial charge in [0, 0.05) is 19.1 Å². The average molecular weight is 276 g/mol. The van der Waals surface area contributed by atoms with Gasteiger partial charge in [-0.2, -0.15) is 0 Å². The van der Waals surface area contributed by atoms with Crippen LogP contribution in [0.5, 0.6) is 0 Å². The molecule has 1 N–H and O–H groups in total. The van der Waals surface area contributed by atoms with Crippen molar-refractivity contribution in [2.45, 2.75) is 46.1 Å². The summed E-state index contributed by atoms with van der Waals surface area (Å²) in [7, 11) is 0. The number of carbonyl (C=O) groups is 1. The molecule has 1 aliphatic rings. The van der Waals surface area contributed by atoms with Crippen LogP contribution < -0.4 is 5.32 Å². The number of rotatable bonds is 4. The lowest BCUT2D eigenvalue weighted by atomic mass is 9.93. The Labute approximate surface area is 120 Å². The maximum atomic E-state index is 12.4. The van der Waals surface area contributed by atoms with Crippen LogP contribution in [0.2, 0.25) is 0 Å². The number of nitrogens with zero attached hydrogens (tertiary/aromatic N) is 3. The molecule has 2 rings (SSSR count). The second kappa shape index (κ2) is 6.68. The second-order valence-electron chi connectivity index (χ2n) is 5.71. The van der Waals surface area contributed by atoms with E-state index in [4.69, 9.17) is 0 Å². The molecular weight excluding hydrogens is 252 g/mol. The summed E-state index contributed by atoms with van der Waals surface area (Å²) in [6.45, 7) is 8.13. The van der Waals surface area contributed by atoms with Crippen molar-refractivity contribution in [3.8, 4) is 0 Å². The van der Waals surface area contributed by atoms with E-state index in [-0.39, 0.29) is 11.9 Å². The number of hydrogen-bond donors (Lipinski definition) is 1. The highest BCUT2D eigenvalue weighted by molar-refractivity contribution is 5.92. The van der Waals surface area contributed by atoms with Gasteiger partial charge in [0.1, 0.15) is 5.82 Å². The van der Waals surface area contributed by atoms with Crippen LogP contribution in [0.15, 0.2) is 12.1 Å². The summed E-state index contributed by atoms with van der Waals surface area (Å²) in [6, 6.07) is 3.87. The summed E-state index contributed by atoms with van der Waals surface area (Å²) in [5, 5.41) is 11.3. The van der Waals surface area contributed by atoms with Crippen molar-refractivity contribution in [2.75, 3.05) is 18.4 Å². The van der Waals surface area contributed by atoms with Gasteiger partial charge < -0.3 is 10.2 Å². The molecule has 0 aliphatic carbocycles. The van der Waals surface area contributed by atoms with Gasteiger partial charge in [0.2, 0.25) is 0 Å². The molecule has 1 amide bonds. The Hall–Kier alpha value is -1.65. The molecule has 0 radical (unpaired) electrons. The lowest BCUT2D eigenvalue weighted by Gasteiger charge is -2.36. The number of likely N-dealkylation sites (tertiary alicyclic amines) is 1. The van der Waals surface area contributed by atoms with Crippen LogP contribution in [-0.4, -0.2) is 40.1 Å². The van der Waals surface area contributed by atoms with Crippen molar-refractivity contribution < 1.29 is 4.79 Å². The van der Waals surface area contributed by atoms with Gasteiger partial charge in [-0.3, -0.25) is 4.79 Å². The minimum Gasteiger partial charge on any atom is -0.369 e. The molecule has 0 spiro atoms. The summed E-state index contributed by atoms with van der Waals surface area (Å²) in [4.78, 5) is 14.4. The standard InChI is InChI=1S/C15H24N4O/c1-4-8-16-14-6-5-13(17-18-14)15(20)19-9-7-11(2)10-12(19)3/h5-6,11-12H,4,7-10H2,1-3H3,(H,16,18). The maximum Gasteiger partial charge on any atom is 0.274 e. The van der Waals surface area contributed by atoms with Gasteiger partial charge in [-0.25, -0.2) is 0 Å². The zero-order chi connectivity index (χ0) is 14.5. The normalized spacial score (nSPS) is 22.6. The van der Waals surface area contributed by atoms with E-state index in [9.17, 15) is 4.79 Å². The number of aromatic nitrogens is 2. The molecule has 5 nitrogen and oxygen atoms in total. The zero-order valence-electron chi connectivity index (χ0n) is 12.6. The molecule has 5 heteroatoms. The SMILES string of the molecule is CCCNc1ccc(C(=O)N2CCC(C)CC2C)nn1. The summed E-state index contributed by atoms with van der Waals surface area (Å²) >= 11 is 0. The Bertz CT molecular complexity index is 446. The summed E-state index contributed by atoms with van der Waals surface area (Å²) in [6.07, 6.45) is 3.17. The van der Waals surface area contributed by atoms with Gasteiger partial charge in [0.05, 0.1) is 0 Å². The van der Waals surface area contributed by atoms with Gasteiger partial charge in [0.25, 0.3) is 5.91 Å². The third-order valence-electron chi connectivity index (χ3n) is 3.84. The van der Waals surface area contributed by atoms with E-state index in [1.807, 2.05) is 11.0 Å². The van der Waals surface area contributed by atoms with E-state index >= 15 is 0 Å². The van der Waals surface area contributed by atoms with Crippen molar-refractivity contribution in [3.63, 3.8) is 0 Å². The van der Waals surface area contributed by atoms with Gasteiger partial charge in [-0.05, 0) is 44.2 Å². The Balaban J connectivity index is 2.01. The molecule has 0 saturated carbocycles. The van der Waals surface area contributed by atoms with E-state index in [0.29, 0.717) is 11.6 Å². The molecule has 2 unspecified atom stereocenters. The van der Waals surface area contributed by atoms with Gasteiger partial charge >= 0.3 is 0 Å². The first-order valence-electron chi connectivity index (χ1n) is 7.50. The van der Waals surface area contributed by atoms with E-state index < -0.39 is 0 Å². The highest BCUT2D eigenvalue weighted by atomic mass is 16.2. The molecule has 2 atom stereocenters. The van der Waals surface area contributed by atoms with Gasteiger partial charge in [0.15, 0.2) is 5.69 Å². The Morgan fingerprint density at radius 1 is 1.40 bits per heavy atom. The van der Waals surface area contributed by atoms with Crippen molar-refractivity contribution in [2.24, 2.45) is 5.92 Å². The molecule has 1 aliphatic heterocycles. The van der Waals surface area contributed by atoms with Crippen molar-refractivity contribution in [1.82, 2.24) is 15.1 Å². The largest absolute Gasteiger partial charge is 0.369 e. The smallest absolute Gasteiger partial charge is 0.274 e.